The Kier molecular flexibility index (Phi) is 6.19. The molecule has 1 aromatic carbocycles. The van der Waals surface area contributed by atoms with Crippen LogP contribution in [0.1, 0.15) is 35.7 Å². The Morgan fingerprint density at radius 3 is 2.83 bits per heavy atom. The lowest BCUT2D eigenvalue weighted by Gasteiger charge is -2.12. The molecule has 0 aromatic heterocycles. The summed E-state index contributed by atoms with van der Waals surface area (Å²) >= 11 is 3.54. The van der Waals surface area contributed by atoms with Crippen molar-refractivity contribution in [3.8, 4) is 5.75 Å². The van der Waals surface area contributed by atoms with Gasteiger partial charge in [-0.25, -0.2) is 0 Å². The SMILES string of the molecule is CCCC(Br)CNC(=O)c1cc(C)ccc1OC. The Morgan fingerprint density at radius 2 is 2.22 bits per heavy atom. The molecule has 0 heterocycles. The summed E-state index contributed by atoms with van der Waals surface area (Å²) in [5, 5.41) is 2.92. The quantitative estimate of drug-likeness (QED) is 0.818. The zero-order valence-electron chi connectivity index (χ0n) is 11.1. The molecule has 3 nitrogen and oxygen atoms in total. The lowest BCUT2D eigenvalue weighted by Crippen LogP contribution is -2.29. The van der Waals surface area contributed by atoms with Gasteiger partial charge < -0.3 is 10.1 Å². The lowest BCUT2D eigenvalue weighted by molar-refractivity contribution is 0.0950. The van der Waals surface area contributed by atoms with Crippen LogP contribution in [0.5, 0.6) is 5.75 Å². The molecule has 0 aliphatic carbocycles. The minimum Gasteiger partial charge on any atom is -0.496 e. The van der Waals surface area contributed by atoms with E-state index in [2.05, 4.69) is 28.2 Å². The Balaban J connectivity index is 2.68. The third kappa shape index (κ3) is 4.33. The summed E-state index contributed by atoms with van der Waals surface area (Å²) in [5.74, 6) is 0.524. The van der Waals surface area contributed by atoms with Crippen LogP contribution in [0.15, 0.2) is 18.2 Å². The van der Waals surface area contributed by atoms with E-state index in [-0.39, 0.29) is 5.91 Å². The van der Waals surface area contributed by atoms with Crippen LogP contribution in [-0.2, 0) is 0 Å². The summed E-state index contributed by atoms with van der Waals surface area (Å²) in [6.07, 6.45) is 2.14. The number of methoxy groups -OCH3 is 1. The number of carbonyl (C=O) groups is 1. The molecule has 0 spiro atoms. The standard InChI is InChI=1S/C14H20BrNO2/c1-4-5-11(15)9-16-14(17)12-8-10(2)6-7-13(12)18-3/h6-8,11H,4-5,9H2,1-3H3,(H,16,17). The Labute approximate surface area is 117 Å². The molecule has 0 saturated heterocycles. The number of hydrogen-bond acceptors (Lipinski definition) is 2. The number of ether oxygens (including phenoxy) is 1. The molecule has 1 atom stereocenters. The van der Waals surface area contributed by atoms with E-state index in [0.717, 1.165) is 18.4 Å². The number of amides is 1. The van der Waals surface area contributed by atoms with Crippen LogP contribution < -0.4 is 10.1 Å². The predicted molar refractivity (Wildman–Crippen MR) is 77.7 cm³/mol. The predicted octanol–water partition coefficient (Wildman–Crippen LogP) is 3.30. The zero-order chi connectivity index (χ0) is 13.5. The highest BCUT2D eigenvalue weighted by Gasteiger charge is 2.13. The maximum atomic E-state index is 12.1. The maximum absolute atomic E-state index is 12.1. The van der Waals surface area contributed by atoms with E-state index in [9.17, 15) is 4.79 Å². The molecule has 18 heavy (non-hydrogen) atoms. The molecule has 1 unspecified atom stereocenters. The highest BCUT2D eigenvalue weighted by atomic mass is 79.9. The van der Waals surface area contributed by atoms with Crippen LogP contribution >= 0.6 is 15.9 Å². The molecule has 1 amide bonds. The van der Waals surface area contributed by atoms with Gasteiger partial charge in [0.15, 0.2) is 0 Å². The molecule has 0 radical (unpaired) electrons. The highest BCUT2D eigenvalue weighted by Crippen LogP contribution is 2.19. The van der Waals surface area contributed by atoms with E-state index in [1.165, 1.54) is 0 Å². The van der Waals surface area contributed by atoms with Crippen molar-refractivity contribution in [3.63, 3.8) is 0 Å². The Hall–Kier alpha value is -1.03. The second kappa shape index (κ2) is 7.41. The van der Waals surface area contributed by atoms with Crippen molar-refractivity contribution in [2.24, 2.45) is 0 Å². The second-order valence-corrected chi connectivity index (χ2v) is 5.59. The number of hydrogen-bond donors (Lipinski definition) is 1. The van der Waals surface area contributed by atoms with Gasteiger partial charge in [0.25, 0.3) is 5.91 Å². The van der Waals surface area contributed by atoms with Crippen LogP contribution in [-0.4, -0.2) is 24.4 Å². The molecule has 0 saturated carbocycles. The van der Waals surface area contributed by atoms with Gasteiger partial charge in [-0.1, -0.05) is 40.9 Å². The smallest absolute Gasteiger partial charge is 0.255 e. The number of aryl methyl sites for hydroxylation is 1. The van der Waals surface area contributed by atoms with Crippen molar-refractivity contribution in [3.05, 3.63) is 29.3 Å². The summed E-state index contributed by atoms with van der Waals surface area (Å²) < 4.78 is 5.20. The fourth-order valence-corrected chi connectivity index (χ4v) is 2.33. The van der Waals surface area contributed by atoms with Gasteiger partial charge in [-0.15, -0.1) is 0 Å². The molecule has 0 fully saturated rings. The molecular formula is C14H20BrNO2. The van der Waals surface area contributed by atoms with Crippen molar-refractivity contribution in [1.29, 1.82) is 0 Å². The van der Waals surface area contributed by atoms with Crippen molar-refractivity contribution in [1.82, 2.24) is 5.32 Å². The van der Waals surface area contributed by atoms with Crippen molar-refractivity contribution >= 4 is 21.8 Å². The minimum absolute atomic E-state index is 0.0869. The maximum Gasteiger partial charge on any atom is 0.255 e. The van der Waals surface area contributed by atoms with Crippen LogP contribution in [0.2, 0.25) is 0 Å². The topological polar surface area (TPSA) is 38.3 Å². The third-order valence-corrected chi connectivity index (χ3v) is 3.47. The van der Waals surface area contributed by atoms with E-state index in [4.69, 9.17) is 4.74 Å². The molecular weight excluding hydrogens is 294 g/mol. The summed E-state index contributed by atoms with van der Waals surface area (Å²) in [4.78, 5) is 12.4. The summed E-state index contributed by atoms with van der Waals surface area (Å²) in [5.41, 5.74) is 1.64. The Morgan fingerprint density at radius 1 is 1.50 bits per heavy atom. The first kappa shape index (κ1) is 15.0. The molecule has 100 valence electrons. The fraction of sp³-hybridized carbons (Fsp3) is 0.500. The number of alkyl halides is 1. The number of nitrogens with one attached hydrogen (secondary N) is 1. The van der Waals surface area contributed by atoms with E-state index < -0.39 is 0 Å². The first-order valence-electron chi connectivity index (χ1n) is 6.15. The van der Waals surface area contributed by atoms with E-state index in [1.54, 1.807) is 7.11 Å². The van der Waals surface area contributed by atoms with E-state index >= 15 is 0 Å². The van der Waals surface area contributed by atoms with Gasteiger partial charge in [-0.3, -0.25) is 4.79 Å². The van der Waals surface area contributed by atoms with Gasteiger partial charge in [-0.2, -0.15) is 0 Å². The lowest BCUT2D eigenvalue weighted by atomic mass is 10.1. The van der Waals surface area contributed by atoms with Gasteiger partial charge >= 0.3 is 0 Å². The van der Waals surface area contributed by atoms with Crippen LogP contribution in [0.4, 0.5) is 0 Å². The summed E-state index contributed by atoms with van der Waals surface area (Å²) in [7, 11) is 1.58. The monoisotopic (exact) mass is 313 g/mol. The van der Waals surface area contributed by atoms with Crippen molar-refractivity contribution in [2.45, 2.75) is 31.5 Å². The molecule has 0 aliphatic rings. The first-order chi connectivity index (χ1) is 8.58. The van der Waals surface area contributed by atoms with Gasteiger partial charge in [0.2, 0.25) is 0 Å². The molecule has 1 N–H and O–H groups in total. The largest absolute Gasteiger partial charge is 0.496 e. The first-order valence-corrected chi connectivity index (χ1v) is 7.07. The average molecular weight is 314 g/mol. The summed E-state index contributed by atoms with van der Waals surface area (Å²) in [6, 6.07) is 5.60. The number of rotatable bonds is 6. The van der Waals surface area contributed by atoms with Crippen molar-refractivity contribution in [2.75, 3.05) is 13.7 Å². The zero-order valence-corrected chi connectivity index (χ0v) is 12.7. The molecule has 0 bridgehead atoms. The van der Waals surface area contributed by atoms with Gasteiger partial charge in [0, 0.05) is 11.4 Å². The van der Waals surface area contributed by atoms with Gasteiger partial charge in [-0.05, 0) is 25.5 Å². The number of benzene rings is 1. The minimum atomic E-state index is -0.0869. The molecule has 1 rings (SSSR count). The van der Waals surface area contributed by atoms with Gasteiger partial charge in [0.05, 0.1) is 12.7 Å². The van der Waals surface area contributed by atoms with Crippen LogP contribution in [0.3, 0.4) is 0 Å². The number of carbonyl (C=O) groups excluding carboxylic acids is 1. The molecule has 4 heteroatoms. The average Bonchev–Trinajstić information content (AvgIpc) is 2.36. The third-order valence-electron chi connectivity index (χ3n) is 2.69. The van der Waals surface area contributed by atoms with Crippen molar-refractivity contribution < 1.29 is 9.53 Å². The highest BCUT2D eigenvalue weighted by molar-refractivity contribution is 9.09. The van der Waals surface area contributed by atoms with E-state index in [1.807, 2.05) is 25.1 Å². The van der Waals surface area contributed by atoms with E-state index in [0.29, 0.717) is 22.7 Å². The summed E-state index contributed by atoms with van der Waals surface area (Å²) in [6.45, 7) is 4.71. The Bertz CT molecular complexity index is 407. The molecule has 0 aliphatic heterocycles. The van der Waals surface area contributed by atoms with Gasteiger partial charge in [0.1, 0.15) is 5.75 Å². The number of halogens is 1. The normalized spacial score (nSPS) is 12.0. The van der Waals surface area contributed by atoms with Crippen LogP contribution in [0.25, 0.3) is 0 Å². The second-order valence-electron chi connectivity index (χ2n) is 4.30. The fourth-order valence-electron chi connectivity index (χ4n) is 1.71. The van der Waals surface area contributed by atoms with Crippen LogP contribution in [0, 0.1) is 6.92 Å². The molecule has 1 aromatic rings.